The van der Waals surface area contributed by atoms with Crippen molar-refractivity contribution in [1.82, 2.24) is 4.90 Å². The predicted octanol–water partition coefficient (Wildman–Crippen LogP) is 3.11. The average Bonchev–Trinajstić information content (AvgIpc) is 2.65. The van der Waals surface area contributed by atoms with Crippen molar-refractivity contribution in [2.75, 3.05) is 40.0 Å². The standard InChI is InChI=1S/C19H28N2O3S/c1-19(2,21-9-13-23-14-10-21)18(20-24-12-4-11-22-3)17-7-5-16(15-25)6-8-17/h4-8,11,25H,9-10,12-15H2,1-3H3/b11-4+,20-18-. The quantitative estimate of drug-likeness (QED) is 0.253. The summed E-state index contributed by atoms with van der Waals surface area (Å²) in [6, 6.07) is 8.33. The number of nitrogens with zero attached hydrogens (tertiary/aromatic N) is 2. The van der Waals surface area contributed by atoms with Gasteiger partial charge >= 0.3 is 0 Å². The fraction of sp³-hybridized carbons (Fsp3) is 0.526. The zero-order valence-corrected chi connectivity index (χ0v) is 16.2. The van der Waals surface area contributed by atoms with E-state index in [0.29, 0.717) is 6.61 Å². The maximum Gasteiger partial charge on any atom is 0.138 e. The van der Waals surface area contributed by atoms with Crippen LogP contribution in [0.5, 0.6) is 0 Å². The van der Waals surface area contributed by atoms with Crippen LogP contribution in [-0.4, -0.2) is 56.2 Å². The first-order valence-electron chi connectivity index (χ1n) is 8.50. The second-order valence-corrected chi connectivity index (χ2v) is 6.67. The molecule has 25 heavy (non-hydrogen) atoms. The molecule has 0 unspecified atom stereocenters. The van der Waals surface area contributed by atoms with E-state index >= 15 is 0 Å². The lowest BCUT2D eigenvalue weighted by Crippen LogP contribution is -2.54. The zero-order chi connectivity index (χ0) is 18.1. The highest BCUT2D eigenvalue weighted by atomic mass is 32.1. The SMILES string of the molecule is CO/C=C/CO/N=C(/c1ccc(CS)cc1)C(C)(C)N1CCOCC1. The van der Waals surface area contributed by atoms with Crippen molar-refractivity contribution in [3.63, 3.8) is 0 Å². The van der Waals surface area contributed by atoms with Crippen molar-refractivity contribution >= 4 is 18.3 Å². The molecule has 0 radical (unpaired) electrons. The van der Waals surface area contributed by atoms with Gasteiger partial charge in [0.25, 0.3) is 0 Å². The molecule has 1 saturated heterocycles. The van der Waals surface area contributed by atoms with E-state index in [0.717, 1.165) is 43.3 Å². The first-order chi connectivity index (χ1) is 12.1. The molecule has 2 rings (SSSR count). The molecule has 1 aromatic rings. The highest BCUT2D eigenvalue weighted by Crippen LogP contribution is 2.23. The summed E-state index contributed by atoms with van der Waals surface area (Å²) in [4.78, 5) is 7.92. The Morgan fingerprint density at radius 1 is 1.28 bits per heavy atom. The zero-order valence-electron chi connectivity index (χ0n) is 15.3. The van der Waals surface area contributed by atoms with Gasteiger partial charge in [0.2, 0.25) is 0 Å². The molecule has 1 aliphatic rings. The Hall–Kier alpha value is -1.50. The lowest BCUT2D eigenvalue weighted by molar-refractivity contribution is 0.00901. The van der Waals surface area contributed by atoms with Crippen LogP contribution in [0.4, 0.5) is 0 Å². The normalized spacial score (nSPS) is 17.0. The van der Waals surface area contributed by atoms with Crippen molar-refractivity contribution in [2.45, 2.75) is 25.1 Å². The number of benzene rings is 1. The summed E-state index contributed by atoms with van der Waals surface area (Å²) in [6.07, 6.45) is 3.37. The molecule has 138 valence electrons. The summed E-state index contributed by atoms with van der Waals surface area (Å²) in [5.41, 5.74) is 2.88. The van der Waals surface area contributed by atoms with Gasteiger partial charge in [-0.2, -0.15) is 12.6 Å². The van der Waals surface area contributed by atoms with Crippen molar-refractivity contribution in [3.05, 3.63) is 47.7 Å². The number of hydrogen-bond acceptors (Lipinski definition) is 6. The number of methoxy groups -OCH3 is 1. The van der Waals surface area contributed by atoms with Crippen LogP contribution in [0.1, 0.15) is 25.0 Å². The highest BCUT2D eigenvalue weighted by Gasteiger charge is 2.35. The average molecular weight is 365 g/mol. The Morgan fingerprint density at radius 3 is 2.56 bits per heavy atom. The van der Waals surface area contributed by atoms with Gasteiger partial charge < -0.3 is 14.3 Å². The maximum atomic E-state index is 5.53. The van der Waals surface area contributed by atoms with Crippen LogP contribution in [0, 0.1) is 0 Å². The molecule has 0 N–H and O–H groups in total. The highest BCUT2D eigenvalue weighted by molar-refractivity contribution is 7.79. The van der Waals surface area contributed by atoms with Gasteiger partial charge in [-0.05, 0) is 25.5 Å². The summed E-state index contributed by atoms with van der Waals surface area (Å²) in [5.74, 6) is 0.720. The van der Waals surface area contributed by atoms with Gasteiger partial charge in [0.15, 0.2) is 0 Å². The van der Waals surface area contributed by atoms with E-state index in [1.165, 1.54) is 5.56 Å². The van der Waals surface area contributed by atoms with Crippen LogP contribution in [0.15, 0.2) is 41.8 Å². The van der Waals surface area contributed by atoms with E-state index in [-0.39, 0.29) is 5.54 Å². The van der Waals surface area contributed by atoms with Gasteiger partial charge in [-0.15, -0.1) is 0 Å². The molecule has 0 spiro atoms. The fourth-order valence-electron chi connectivity index (χ4n) is 2.84. The van der Waals surface area contributed by atoms with Crippen molar-refractivity contribution in [1.29, 1.82) is 0 Å². The lowest BCUT2D eigenvalue weighted by atomic mass is 9.89. The summed E-state index contributed by atoms with van der Waals surface area (Å²) < 4.78 is 10.4. The second-order valence-electron chi connectivity index (χ2n) is 6.36. The summed E-state index contributed by atoms with van der Waals surface area (Å²) >= 11 is 4.33. The number of morpholine rings is 1. The third kappa shape index (κ3) is 5.49. The molecule has 1 fully saturated rings. The van der Waals surface area contributed by atoms with Gasteiger partial charge in [-0.1, -0.05) is 29.4 Å². The van der Waals surface area contributed by atoms with E-state index in [2.05, 4.69) is 60.8 Å². The molecule has 0 bridgehead atoms. The summed E-state index contributed by atoms with van der Waals surface area (Å²) in [7, 11) is 1.61. The minimum atomic E-state index is -0.267. The molecule has 1 aliphatic heterocycles. The molecule has 5 nitrogen and oxygen atoms in total. The van der Waals surface area contributed by atoms with Crippen LogP contribution in [0.2, 0.25) is 0 Å². The first kappa shape index (κ1) is 19.8. The number of rotatable bonds is 8. The molecule has 6 heteroatoms. The van der Waals surface area contributed by atoms with Crippen LogP contribution < -0.4 is 0 Å². The third-order valence-electron chi connectivity index (χ3n) is 4.35. The molecule has 1 heterocycles. The van der Waals surface area contributed by atoms with E-state index in [1.807, 2.05) is 0 Å². The van der Waals surface area contributed by atoms with Crippen LogP contribution in [-0.2, 0) is 20.1 Å². The largest absolute Gasteiger partial charge is 0.505 e. The molecule has 0 aromatic heterocycles. The molecule has 0 aliphatic carbocycles. The molecule has 0 saturated carbocycles. The first-order valence-corrected chi connectivity index (χ1v) is 9.14. The number of oxime groups is 1. The molecule has 0 amide bonds. The number of ether oxygens (including phenoxy) is 2. The third-order valence-corrected chi connectivity index (χ3v) is 4.72. The summed E-state index contributed by atoms with van der Waals surface area (Å²) in [5, 5.41) is 4.48. The van der Waals surface area contributed by atoms with E-state index < -0.39 is 0 Å². The Morgan fingerprint density at radius 2 is 1.96 bits per heavy atom. The van der Waals surface area contributed by atoms with Crippen LogP contribution >= 0.6 is 12.6 Å². The molecular weight excluding hydrogens is 336 g/mol. The maximum absolute atomic E-state index is 5.53. The van der Waals surface area contributed by atoms with Gasteiger partial charge in [0.1, 0.15) is 12.3 Å². The molecule has 0 atom stereocenters. The van der Waals surface area contributed by atoms with E-state index in [9.17, 15) is 0 Å². The molecular formula is C19H28N2O3S. The van der Waals surface area contributed by atoms with Gasteiger partial charge in [0.05, 0.1) is 32.1 Å². The molecule has 1 aromatic carbocycles. The van der Waals surface area contributed by atoms with Crippen molar-refractivity contribution in [2.24, 2.45) is 5.16 Å². The van der Waals surface area contributed by atoms with Crippen LogP contribution in [0.25, 0.3) is 0 Å². The van der Waals surface area contributed by atoms with Gasteiger partial charge in [0, 0.05) is 24.4 Å². The van der Waals surface area contributed by atoms with E-state index in [4.69, 9.17) is 14.3 Å². The monoisotopic (exact) mass is 364 g/mol. The number of hydrogen-bond donors (Lipinski definition) is 1. The Balaban J connectivity index is 2.25. The minimum absolute atomic E-state index is 0.267. The van der Waals surface area contributed by atoms with Crippen molar-refractivity contribution < 1.29 is 14.3 Å². The van der Waals surface area contributed by atoms with Gasteiger partial charge in [-0.3, -0.25) is 4.90 Å². The van der Waals surface area contributed by atoms with Crippen molar-refractivity contribution in [3.8, 4) is 0 Å². The topological polar surface area (TPSA) is 43.3 Å². The second kappa shape index (κ2) is 9.85. The minimum Gasteiger partial charge on any atom is -0.505 e. The van der Waals surface area contributed by atoms with Gasteiger partial charge in [-0.25, -0.2) is 0 Å². The Kier molecular flexibility index (Phi) is 7.81. The Labute approximate surface area is 156 Å². The number of thiol groups is 1. The summed E-state index contributed by atoms with van der Waals surface area (Å²) in [6.45, 7) is 7.97. The van der Waals surface area contributed by atoms with E-state index in [1.54, 1.807) is 19.4 Å². The Bertz CT molecular complexity index is 579. The van der Waals surface area contributed by atoms with Crippen LogP contribution in [0.3, 0.4) is 0 Å². The predicted molar refractivity (Wildman–Crippen MR) is 104 cm³/mol. The fourth-order valence-corrected chi connectivity index (χ4v) is 3.05. The lowest BCUT2D eigenvalue weighted by Gasteiger charge is -2.41. The smallest absolute Gasteiger partial charge is 0.138 e.